The molecule has 0 saturated heterocycles. The highest BCUT2D eigenvalue weighted by Gasteiger charge is 2.46. The molecule has 0 aromatic rings. The first kappa shape index (κ1) is 25.5. The van der Waals surface area contributed by atoms with Gasteiger partial charge in [0.15, 0.2) is 18.3 Å². The van der Waals surface area contributed by atoms with Crippen LogP contribution in [0.4, 0.5) is 0 Å². The molecule has 12 heteroatoms. The third-order valence-corrected chi connectivity index (χ3v) is 3.33. The van der Waals surface area contributed by atoms with Crippen molar-refractivity contribution in [1.82, 2.24) is 0 Å². The fourth-order valence-electron chi connectivity index (χ4n) is 2.07. The molecule has 0 heterocycles. The highest BCUT2D eigenvalue weighted by Crippen LogP contribution is 2.22. The zero-order valence-corrected chi connectivity index (χ0v) is 17.5. The lowest BCUT2D eigenvalue weighted by molar-refractivity contribution is -0.201. The molecule has 0 aromatic heterocycles. The lowest BCUT2D eigenvalue weighted by Gasteiger charge is -2.34. The van der Waals surface area contributed by atoms with E-state index in [1.165, 1.54) is 0 Å². The van der Waals surface area contributed by atoms with Crippen LogP contribution >= 0.6 is 15.9 Å². The number of esters is 5. The van der Waals surface area contributed by atoms with Gasteiger partial charge < -0.3 is 23.7 Å². The minimum absolute atomic E-state index is 0.589. The summed E-state index contributed by atoms with van der Waals surface area (Å²) >= 11 is 2.62. The lowest BCUT2D eigenvalue weighted by Crippen LogP contribution is -2.54. The number of hydrogen-bond donors (Lipinski definition) is 0. The van der Waals surface area contributed by atoms with Crippen molar-refractivity contribution in [2.75, 3.05) is 6.61 Å². The molecule has 0 N–H and O–H groups in total. The van der Waals surface area contributed by atoms with E-state index in [1.54, 1.807) is 0 Å². The van der Waals surface area contributed by atoms with Crippen LogP contribution in [-0.2, 0) is 52.5 Å². The predicted octanol–water partition coefficient (Wildman–Crippen LogP) is 0.198. The first-order chi connectivity index (χ1) is 12.8. The van der Waals surface area contributed by atoms with Crippen molar-refractivity contribution in [3.05, 3.63) is 0 Å². The van der Waals surface area contributed by atoms with Crippen LogP contribution in [0.2, 0.25) is 0 Å². The molecular formula is C16H21BrO11. The van der Waals surface area contributed by atoms with E-state index in [0.29, 0.717) is 0 Å². The first-order valence-corrected chi connectivity index (χ1v) is 8.66. The van der Waals surface area contributed by atoms with Crippen LogP contribution in [0.25, 0.3) is 0 Å². The summed E-state index contributed by atoms with van der Waals surface area (Å²) in [6.07, 6.45) is -6.58. The number of carbonyl (C=O) groups excluding carboxylic acids is 6. The normalized spacial score (nSPS) is 14.5. The molecular weight excluding hydrogens is 448 g/mol. The van der Waals surface area contributed by atoms with E-state index in [9.17, 15) is 28.8 Å². The van der Waals surface area contributed by atoms with E-state index < -0.39 is 65.6 Å². The molecule has 28 heavy (non-hydrogen) atoms. The summed E-state index contributed by atoms with van der Waals surface area (Å²) in [5.74, 6) is -4.30. The van der Waals surface area contributed by atoms with Gasteiger partial charge in [-0.05, 0) is 15.9 Å². The molecule has 0 saturated carbocycles. The molecule has 0 unspecified atom stereocenters. The number of hydrogen-bond acceptors (Lipinski definition) is 11. The molecule has 0 bridgehead atoms. The molecule has 4 atom stereocenters. The van der Waals surface area contributed by atoms with E-state index in [4.69, 9.17) is 23.7 Å². The monoisotopic (exact) mass is 468 g/mol. The van der Waals surface area contributed by atoms with E-state index >= 15 is 0 Å². The van der Waals surface area contributed by atoms with Crippen molar-refractivity contribution < 1.29 is 52.5 Å². The Bertz CT molecular complexity index is 630. The number of carbonyl (C=O) groups is 6. The van der Waals surface area contributed by atoms with Gasteiger partial charge in [-0.25, -0.2) is 0 Å². The highest BCUT2D eigenvalue weighted by atomic mass is 79.9. The highest BCUT2D eigenvalue weighted by molar-refractivity contribution is 9.18. The van der Waals surface area contributed by atoms with Crippen LogP contribution in [0.15, 0.2) is 0 Å². The quantitative estimate of drug-likeness (QED) is 0.245. The third-order valence-electron chi connectivity index (χ3n) is 2.88. The minimum atomic E-state index is -1.75. The van der Waals surface area contributed by atoms with Crippen LogP contribution in [0.1, 0.15) is 34.6 Å². The van der Waals surface area contributed by atoms with Gasteiger partial charge in [-0.3, -0.25) is 28.8 Å². The lowest BCUT2D eigenvalue weighted by atomic mass is 10.0. The van der Waals surface area contributed by atoms with Gasteiger partial charge in [0.1, 0.15) is 6.61 Å². The maximum atomic E-state index is 11.9. The Labute approximate surface area is 169 Å². The van der Waals surface area contributed by atoms with Gasteiger partial charge in [0.2, 0.25) is 10.8 Å². The average molecular weight is 469 g/mol. The largest absolute Gasteiger partial charge is 0.462 e. The summed E-state index contributed by atoms with van der Waals surface area (Å²) in [4.78, 5) is 69.0. The van der Waals surface area contributed by atoms with Gasteiger partial charge in [0.05, 0.1) is 0 Å². The Morgan fingerprint density at radius 1 is 0.643 bits per heavy atom. The SMILES string of the molecule is CC(=O)OC[C@@H](OC(C)=O)[C@H](OC(C)=O)[C@H](OC(C)=O)[C@@H](OC(C)=O)C(=O)Br. The van der Waals surface area contributed by atoms with Gasteiger partial charge in [0.25, 0.3) is 0 Å². The number of rotatable bonds is 10. The topological polar surface area (TPSA) is 149 Å². The predicted molar refractivity (Wildman–Crippen MR) is 92.8 cm³/mol. The molecule has 0 aromatic carbocycles. The molecule has 0 rings (SSSR count). The molecule has 11 nitrogen and oxygen atoms in total. The van der Waals surface area contributed by atoms with E-state index in [1.807, 2.05) is 0 Å². The second-order valence-electron chi connectivity index (χ2n) is 5.43. The van der Waals surface area contributed by atoms with Crippen molar-refractivity contribution in [2.45, 2.75) is 59.0 Å². The average Bonchev–Trinajstić information content (AvgIpc) is 2.51. The zero-order valence-electron chi connectivity index (χ0n) is 15.9. The number of ether oxygens (including phenoxy) is 5. The third kappa shape index (κ3) is 10.00. The Hall–Kier alpha value is -2.50. The molecule has 0 radical (unpaired) electrons. The summed E-state index contributed by atoms with van der Waals surface area (Å²) in [6.45, 7) is 4.52. The summed E-state index contributed by atoms with van der Waals surface area (Å²) < 4.78 is 23.9. The van der Waals surface area contributed by atoms with Crippen LogP contribution in [-0.4, -0.2) is 65.6 Å². The summed E-state index contributed by atoms with van der Waals surface area (Å²) in [6, 6.07) is 0. The van der Waals surface area contributed by atoms with Crippen molar-refractivity contribution in [2.24, 2.45) is 0 Å². The number of halogens is 1. The molecule has 0 amide bonds. The van der Waals surface area contributed by atoms with Crippen LogP contribution in [0, 0.1) is 0 Å². The Kier molecular flexibility index (Phi) is 11.0. The molecule has 0 aliphatic rings. The summed E-state index contributed by atoms with van der Waals surface area (Å²) in [7, 11) is 0. The minimum Gasteiger partial charge on any atom is -0.462 e. The molecule has 0 aliphatic carbocycles. The van der Waals surface area contributed by atoms with Crippen LogP contribution in [0.5, 0.6) is 0 Å². The van der Waals surface area contributed by atoms with Crippen LogP contribution < -0.4 is 0 Å². The van der Waals surface area contributed by atoms with E-state index in [2.05, 4.69) is 15.9 Å². The Morgan fingerprint density at radius 2 is 1.07 bits per heavy atom. The van der Waals surface area contributed by atoms with E-state index in [-0.39, 0.29) is 0 Å². The van der Waals surface area contributed by atoms with Crippen LogP contribution in [0.3, 0.4) is 0 Å². The summed E-state index contributed by atoms with van der Waals surface area (Å²) in [5, 5.41) is 0. The van der Waals surface area contributed by atoms with Gasteiger partial charge in [-0.2, -0.15) is 0 Å². The van der Waals surface area contributed by atoms with Crippen molar-refractivity contribution in [3.63, 3.8) is 0 Å². The van der Waals surface area contributed by atoms with Crippen molar-refractivity contribution >= 4 is 50.5 Å². The second-order valence-corrected chi connectivity index (χ2v) is 6.21. The molecule has 158 valence electrons. The van der Waals surface area contributed by atoms with Gasteiger partial charge >= 0.3 is 29.8 Å². The molecule has 0 fully saturated rings. The van der Waals surface area contributed by atoms with E-state index in [0.717, 1.165) is 34.6 Å². The zero-order chi connectivity index (χ0) is 22.0. The smallest absolute Gasteiger partial charge is 0.303 e. The van der Waals surface area contributed by atoms with Gasteiger partial charge in [-0.15, -0.1) is 0 Å². The summed E-state index contributed by atoms with van der Waals surface area (Å²) in [5.41, 5.74) is 0. The fourth-order valence-corrected chi connectivity index (χ4v) is 2.42. The Morgan fingerprint density at radius 3 is 1.43 bits per heavy atom. The van der Waals surface area contributed by atoms with Gasteiger partial charge in [0, 0.05) is 34.6 Å². The second kappa shape index (κ2) is 12.1. The molecule has 0 spiro atoms. The maximum absolute atomic E-state index is 11.9. The van der Waals surface area contributed by atoms with Crippen molar-refractivity contribution in [1.29, 1.82) is 0 Å². The maximum Gasteiger partial charge on any atom is 0.303 e. The van der Waals surface area contributed by atoms with Gasteiger partial charge in [-0.1, -0.05) is 0 Å². The Balaban J connectivity index is 6.18. The first-order valence-electron chi connectivity index (χ1n) is 7.86. The van der Waals surface area contributed by atoms with Crippen molar-refractivity contribution in [3.8, 4) is 0 Å². The fraction of sp³-hybridized carbons (Fsp3) is 0.625. The molecule has 0 aliphatic heterocycles. The standard InChI is InChI=1S/C16H21BrO11/c1-7(18)24-6-12(25-8(2)19)13(26-9(3)20)14(27-10(4)21)15(16(17)23)28-11(5)22/h12-15H,6H2,1-5H3/t12-,13+,14+,15-/m1/s1.